The Kier molecular flexibility index (Phi) is 5.80. The molecule has 0 N–H and O–H groups in total. The molecule has 1 atom stereocenters. The highest BCUT2D eigenvalue weighted by molar-refractivity contribution is 9.09. The molecule has 0 aliphatic rings. The van der Waals surface area contributed by atoms with Gasteiger partial charge in [0.1, 0.15) is 0 Å². The highest BCUT2D eigenvalue weighted by Gasteiger charge is 2.29. The summed E-state index contributed by atoms with van der Waals surface area (Å²) in [6, 6.07) is 0. The van der Waals surface area contributed by atoms with Gasteiger partial charge in [0, 0.05) is 5.33 Å². The number of hydrogen-bond acceptors (Lipinski definition) is 1. The minimum atomic E-state index is -1.38. The molecule has 0 radical (unpaired) electrons. The smallest absolute Gasteiger partial charge is 0.184 e. The second kappa shape index (κ2) is 5.52. The van der Waals surface area contributed by atoms with E-state index < -0.39 is 8.32 Å². The standard InChI is InChI=1S/C10H23BrOSi/c1-6-10(2,8-7-9-11)12-13(3,4)5/h6-9H2,1-5H3. The van der Waals surface area contributed by atoms with Crippen molar-refractivity contribution in [3.63, 3.8) is 0 Å². The highest BCUT2D eigenvalue weighted by atomic mass is 79.9. The van der Waals surface area contributed by atoms with E-state index in [1.165, 1.54) is 12.8 Å². The second-order valence-electron chi connectivity index (χ2n) is 4.81. The van der Waals surface area contributed by atoms with Crippen LogP contribution in [0.15, 0.2) is 0 Å². The van der Waals surface area contributed by atoms with E-state index in [4.69, 9.17) is 4.43 Å². The zero-order valence-electron chi connectivity index (χ0n) is 9.61. The van der Waals surface area contributed by atoms with Crippen LogP contribution >= 0.6 is 15.9 Å². The normalized spacial score (nSPS) is 17.1. The maximum atomic E-state index is 6.19. The Morgan fingerprint density at radius 2 is 1.85 bits per heavy atom. The third-order valence-corrected chi connectivity index (χ3v) is 3.81. The van der Waals surface area contributed by atoms with Crippen molar-refractivity contribution in [2.75, 3.05) is 5.33 Å². The minimum absolute atomic E-state index is 0.109. The van der Waals surface area contributed by atoms with E-state index >= 15 is 0 Å². The monoisotopic (exact) mass is 266 g/mol. The maximum absolute atomic E-state index is 6.19. The van der Waals surface area contributed by atoms with Crippen LogP contribution in [0.5, 0.6) is 0 Å². The summed E-state index contributed by atoms with van der Waals surface area (Å²) in [6.07, 6.45) is 3.48. The quantitative estimate of drug-likeness (QED) is 0.518. The van der Waals surface area contributed by atoms with Gasteiger partial charge < -0.3 is 4.43 Å². The lowest BCUT2D eigenvalue weighted by molar-refractivity contribution is 0.0665. The summed E-state index contributed by atoms with van der Waals surface area (Å²) >= 11 is 3.47. The predicted molar refractivity (Wildman–Crippen MR) is 66.2 cm³/mol. The maximum Gasteiger partial charge on any atom is 0.184 e. The Morgan fingerprint density at radius 1 is 1.31 bits per heavy atom. The molecule has 13 heavy (non-hydrogen) atoms. The lowest BCUT2D eigenvalue weighted by Gasteiger charge is -2.35. The Bertz CT molecular complexity index is 144. The van der Waals surface area contributed by atoms with Crippen LogP contribution < -0.4 is 0 Å². The van der Waals surface area contributed by atoms with Gasteiger partial charge in [-0.05, 0) is 45.8 Å². The summed E-state index contributed by atoms with van der Waals surface area (Å²) in [7, 11) is -1.38. The zero-order chi connectivity index (χ0) is 10.5. The van der Waals surface area contributed by atoms with Gasteiger partial charge in [-0.25, -0.2) is 0 Å². The second-order valence-corrected chi connectivity index (χ2v) is 10.0. The zero-order valence-corrected chi connectivity index (χ0v) is 12.2. The molecule has 0 aromatic carbocycles. The average molecular weight is 267 g/mol. The van der Waals surface area contributed by atoms with E-state index in [1.54, 1.807) is 0 Å². The SMILES string of the molecule is CCC(C)(CCCBr)O[Si](C)(C)C. The number of hydrogen-bond donors (Lipinski definition) is 0. The van der Waals surface area contributed by atoms with Crippen LogP contribution in [0.3, 0.4) is 0 Å². The highest BCUT2D eigenvalue weighted by Crippen LogP contribution is 2.26. The number of halogens is 1. The van der Waals surface area contributed by atoms with Gasteiger partial charge in [0.25, 0.3) is 0 Å². The molecule has 0 saturated heterocycles. The van der Waals surface area contributed by atoms with Crippen LogP contribution in [-0.2, 0) is 4.43 Å². The summed E-state index contributed by atoms with van der Waals surface area (Å²) in [4.78, 5) is 0. The van der Waals surface area contributed by atoms with E-state index in [0.29, 0.717) is 0 Å². The summed E-state index contributed by atoms with van der Waals surface area (Å²) in [5.41, 5.74) is 0.109. The van der Waals surface area contributed by atoms with Crippen LogP contribution in [0.2, 0.25) is 19.6 Å². The molecule has 1 nitrogen and oxygen atoms in total. The first-order chi connectivity index (χ1) is 5.83. The van der Waals surface area contributed by atoms with E-state index in [0.717, 1.165) is 11.8 Å². The van der Waals surface area contributed by atoms with Crippen molar-refractivity contribution in [3.05, 3.63) is 0 Å². The molecular formula is C10H23BrOSi. The fourth-order valence-electron chi connectivity index (χ4n) is 1.48. The summed E-state index contributed by atoms with van der Waals surface area (Å²) in [6.45, 7) is 11.2. The van der Waals surface area contributed by atoms with Gasteiger partial charge in [-0.2, -0.15) is 0 Å². The number of alkyl halides is 1. The van der Waals surface area contributed by atoms with Gasteiger partial charge >= 0.3 is 0 Å². The molecular weight excluding hydrogens is 244 g/mol. The first-order valence-corrected chi connectivity index (χ1v) is 9.62. The minimum Gasteiger partial charge on any atom is -0.412 e. The molecule has 0 fully saturated rings. The van der Waals surface area contributed by atoms with Crippen LogP contribution in [0.1, 0.15) is 33.1 Å². The molecule has 0 rings (SSSR count). The van der Waals surface area contributed by atoms with Crippen molar-refractivity contribution < 1.29 is 4.43 Å². The van der Waals surface area contributed by atoms with Crippen molar-refractivity contribution in [3.8, 4) is 0 Å². The Balaban J connectivity index is 4.11. The Morgan fingerprint density at radius 3 is 2.15 bits per heavy atom. The molecule has 3 heteroatoms. The molecule has 0 amide bonds. The van der Waals surface area contributed by atoms with E-state index in [-0.39, 0.29) is 5.60 Å². The first-order valence-electron chi connectivity index (χ1n) is 5.09. The van der Waals surface area contributed by atoms with Crippen molar-refractivity contribution in [1.29, 1.82) is 0 Å². The van der Waals surface area contributed by atoms with E-state index in [2.05, 4.69) is 49.4 Å². The summed E-state index contributed by atoms with van der Waals surface area (Å²) < 4.78 is 6.19. The lowest BCUT2D eigenvalue weighted by atomic mass is 9.98. The fraction of sp³-hybridized carbons (Fsp3) is 1.00. The molecule has 0 bridgehead atoms. The van der Waals surface area contributed by atoms with Crippen molar-refractivity contribution in [2.45, 2.75) is 58.4 Å². The Labute approximate surface area is 92.5 Å². The van der Waals surface area contributed by atoms with Crippen LogP contribution in [0.4, 0.5) is 0 Å². The molecule has 1 unspecified atom stereocenters. The molecule has 0 aliphatic heterocycles. The number of rotatable bonds is 6. The van der Waals surface area contributed by atoms with Crippen molar-refractivity contribution >= 4 is 24.2 Å². The van der Waals surface area contributed by atoms with Gasteiger partial charge in [0.2, 0.25) is 0 Å². The van der Waals surface area contributed by atoms with Crippen LogP contribution in [0.25, 0.3) is 0 Å². The van der Waals surface area contributed by atoms with Crippen LogP contribution in [0, 0.1) is 0 Å². The average Bonchev–Trinajstić information content (AvgIpc) is 1.98. The molecule has 0 heterocycles. The van der Waals surface area contributed by atoms with Crippen LogP contribution in [-0.4, -0.2) is 19.2 Å². The molecule has 80 valence electrons. The third-order valence-electron chi connectivity index (χ3n) is 2.14. The van der Waals surface area contributed by atoms with Gasteiger partial charge in [0.15, 0.2) is 8.32 Å². The van der Waals surface area contributed by atoms with Gasteiger partial charge in [-0.1, -0.05) is 22.9 Å². The van der Waals surface area contributed by atoms with E-state index in [9.17, 15) is 0 Å². The third kappa shape index (κ3) is 6.69. The largest absolute Gasteiger partial charge is 0.412 e. The van der Waals surface area contributed by atoms with E-state index in [1.807, 2.05) is 0 Å². The first kappa shape index (κ1) is 13.7. The fourth-order valence-corrected chi connectivity index (χ4v) is 3.49. The molecule has 0 aromatic rings. The lowest BCUT2D eigenvalue weighted by Crippen LogP contribution is -2.40. The summed E-state index contributed by atoms with van der Waals surface area (Å²) in [5.74, 6) is 0. The molecule has 0 aliphatic carbocycles. The van der Waals surface area contributed by atoms with Crippen molar-refractivity contribution in [1.82, 2.24) is 0 Å². The van der Waals surface area contributed by atoms with Crippen molar-refractivity contribution in [2.24, 2.45) is 0 Å². The predicted octanol–water partition coefficient (Wildman–Crippen LogP) is 4.18. The summed E-state index contributed by atoms with van der Waals surface area (Å²) in [5, 5.41) is 1.08. The van der Waals surface area contributed by atoms with Gasteiger partial charge in [-0.3, -0.25) is 0 Å². The topological polar surface area (TPSA) is 9.23 Å². The Hall–Kier alpha value is 0.657. The van der Waals surface area contributed by atoms with Gasteiger partial charge in [0.05, 0.1) is 5.60 Å². The molecule has 0 spiro atoms. The molecule has 0 saturated carbocycles. The molecule has 0 aromatic heterocycles. The van der Waals surface area contributed by atoms with Gasteiger partial charge in [-0.15, -0.1) is 0 Å².